The average molecular weight is 296 g/mol. The fourth-order valence-electron chi connectivity index (χ4n) is 1.78. The van der Waals surface area contributed by atoms with Gasteiger partial charge in [-0.05, 0) is 31.4 Å². The molecule has 1 aromatic heterocycles. The first kappa shape index (κ1) is 14.5. The summed E-state index contributed by atoms with van der Waals surface area (Å²) in [5.41, 5.74) is 1.60. The Morgan fingerprint density at radius 3 is 3.00 bits per heavy atom. The van der Waals surface area contributed by atoms with Crippen LogP contribution in [-0.4, -0.2) is 17.8 Å². The van der Waals surface area contributed by atoms with E-state index in [4.69, 9.17) is 0 Å². The molecule has 2 rings (SSSR count). The molecule has 0 aliphatic heterocycles. The van der Waals surface area contributed by atoms with Crippen molar-refractivity contribution >= 4 is 23.1 Å². The fourth-order valence-corrected chi connectivity index (χ4v) is 3.33. The maximum atomic E-state index is 14.0. The maximum absolute atomic E-state index is 14.0. The van der Waals surface area contributed by atoms with Gasteiger partial charge in [0.05, 0.1) is 11.3 Å². The van der Waals surface area contributed by atoms with Crippen LogP contribution in [-0.2, 0) is 6.54 Å². The lowest BCUT2D eigenvalue weighted by Crippen LogP contribution is -2.13. The monoisotopic (exact) mass is 296 g/mol. The molecule has 0 saturated heterocycles. The average Bonchev–Trinajstić information content (AvgIpc) is 2.87. The standard InChI is InChI=1S/C14H17FN2S2/c1-3-7-16-8-10-9-19-14(17-10)13-11(15)5-4-6-12(13)18-2/h4-6,9,16H,3,7-8H2,1-2H3. The van der Waals surface area contributed by atoms with Crippen LogP contribution < -0.4 is 5.32 Å². The van der Waals surface area contributed by atoms with E-state index in [9.17, 15) is 4.39 Å². The molecule has 1 N–H and O–H groups in total. The molecule has 19 heavy (non-hydrogen) atoms. The van der Waals surface area contributed by atoms with Crippen molar-refractivity contribution in [1.29, 1.82) is 0 Å². The van der Waals surface area contributed by atoms with Gasteiger partial charge in [-0.15, -0.1) is 23.1 Å². The topological polar surface area (TPSA) is 24.9 Å². The summed E-state index contributed by atoms with van der Waals surface area (Å²) < 4.78 is 14.0. The molecule has 2 nitrogen and oxygen atoms in total. The summed E-state index contributed by atoms with van der Waals surface area (Å²) in [7, 11) is 0. The lowest BCUT2D eigenvalue weighted by atomic mass is 10.2. The molecule has 0 atom stereocenters. The van der Waals surface area contributed by atoms with E-state index >= 15 is 0 Å². The molecular weight excluding hydrogens is 279 g/mol. The third-order valence-electron chi connectivity index (χ3n) is 2.69. The minimum Gasteiger partial charge on any atom is -0.311 e. The minimum atomic E-state index is -0.200. The number of nitrogens with one attached hydrogen (secondary N) is 1. The van der Waals surface area contributed by atoms with Crippen LogP contribution in [0.3, 0.4) is 0 Å². The van der Waals surface area contributed by atoms with E-state index in [2.05, 4.69) is 17.2 Å². The van der Waals surface area contributed by atoms with Gasteiger partial charge in [-0.2, -0.15) is 0 Å². The summed E-state index contributed by atoms with van der Waals surface area (Å²) >= 11 is 3.05. The molecule has 0 radical (unpaired) electrons. The number of thiazole rings is 1. The Morgan fingerprint density at radius 2 is 2.26 bits per heavy atom. The number of hydrogen-bond acceptors (Lipinski definition) is 4. The summed E-state index contributed by atoms with van der Waals surface area (Å²) in [6.45, 7) is 3.85. The molecule has 0 saturated carbocycles. The first-order valence-corrected chi connectivity index (χ1v) is 8.34. The number of hydrogen-bond donors (Lipinski definition) is 1. The van der Waals surface area contributed by atoms with E-state index < -0.39 is 0 Å². The number of nitrogens with zero attached hydrogens (tertiary/aromatic N) is 1. The lowest BCUT2D eigenvalue weighted by Gasteiger charge is -2.05. The largest absolute Gasteiger partial charge is 0.311 e. The van der Waals surface area contributed by atoms with Gasteiger partial charge in [0.1, 0.15) is 10.8 Å². The van der Waals surface area contributed by atoms with Gasteiger partial charge in [-0.3, -0.25) is 0 Å². The Hall–Kier alpha value is -0.910. The van der Waals surface area contributed by atoms with Gasteiger partial charge in [0.15, 0.2) is 0 Å². The van der Waals surface area contributed by atoms with Crippen LogP contribution >= 0.6 is 23.1 Å². The summed E-state index contributed by atoms with van der Waals surface area (Å²) in [4.78, 5) is 5.46. The van der Waals surface area contributed by atoms with Crippen LogP contribution in [0.25, 0.3) is 10.6 Å². The van der Waals surface area contributed by atoms with Crippen LogP contribution in [0.2, 0.25) is 0 Å². The van der Waals surface area contributed by atoms with Crippen molar-refractivity contribution in [3.63, 3.8) is 0 Å². The summed E-state index contributed by atoms with van der Waals surface area (Å²) in [5.74, 6) is -0.200. The smallest absolute Gasteiger partial charge is 0.134 e. The molecule has 0 spiro atoms. The summed E-state index contributed by atoms with van der Waals surface area (Å²) in [6, 6.07) is 5.16. The van der Waals surface area contributed by atoms with Crippen LogP contribution in [0.5, 0.6) is 0 Å². The fraction of sp³-hybridized carbons (Fsp3) is 0.357. The Kier molecular flexibility index (Phi) is 5.36. The zero-order chi connectivity index (χ0) is 13.7. The van der Waals surface area contributed by atoms with Gasteiger partial charge in [-0.1, -0.05) is 13.0 Å². The van der Waals surface area contributed by atoms with E-state index in [0.29, 0.717) is 5.56 Å². The second kappa shape index (κ2) is 7.03. The van der Waals surface area contributed by atoms with Gasteiger partial charge >= 0.3 is 0 Å². The van der Waals surface area contributed by atoms with E-state index in [1.54, 1.807) is 17.8 Å². The van der Waals surface area contributed by atoms with Crippen LogP contribution in [0.1, 0.15) is 19.0 Å². The normalized spacial score (nSPS) is 10.9. The highest BCUT2D eigenvalue weighted by Crippen LogP contribution is 2.34. The first-order chi connectivity index (χ1) is 9.26. The third kappa shape index (κ3) is 3.55. The molecule has 5 heteroatoms. The molecule has 1 aromatic carbocycles. The molecule has 0 fully saturated rings. The predicted molar refractivity (Wildman–Crippen MR) is 81.3 cm³/mol. The van der Waals surface area contributed by atoms with Crippen molar-refractivity contribution in [1.82, 2.24) is 10.3 Å². The highest BCUT2D eigenvalue weighted by molar-refractivity contribution is 7.98. The van der Waals surface area contributed by atoms with Crippen molar-refractivity contribution in [2.45, 2.75) is 24.8 Å². The second-order valence-electron chi connectivity index (χ2n) is 4.14. The minimum absolute atomic E-state index is 0.200. The summed E-state index contributed by atoms with van der Waals surface area (Å²) in [6.07, 6.45) is 3.05. The van der Waals surface area contributed by atoms with Gasteiger partial charge in [-0.25, -0.2) is 9.37 Å². The highest BCUT2D eigenvalue weighted by atomic mass is 32.2. The zero-order valence-corrected chi connectivity index (χ0v) is 12.7. The molecule has 102 valence electrons. The van der Waals surface area contributed by atoms with Crippen LogP contribution in [0.4, 0.5) is 4.39 Å². The number of rotatable bonds is 6. The Labute approximate surface area is 121 Å². The molecule has 0 amide bonds. The van der Waals surface area contributed by atoms with Gasteiger partial charge < -0.3 is 5.32 Å². The van der Waals surface area contributed by atoms with Gasteiger partial charge in [0, 0.05) is 16.8 Å². The van der Waals surface area contributed by atoms with Crippen LogP contribution in [0.15, 0.2) is 28.5 Å². The Bertz CT molecular complexity index is 540. The van der Waals surface area contributed by atoms with E-state index in [1.807, 2.05) is 17.7 Å². The van der Waals surface area contributed by atoms with Crippen molar-refractivity contribution in [2.24, 2.45) is 0 Å². The first-order valence-electron chi connectivity index (χ1n) is 6.24. The quantitative estimate of drug-likeness (QED) is 0.639. The van der Waals surface area contributed by atoms with E-state index in [0.717, 1.165) is 35.1 Å². The van der Waals surface area contributed by atoms with Crippen molar-refractivity contribution < 1.29 is 4.39 Å². The van der Waals surface area contributed by atoms with Crippen molar-refractivity contribution in [3.05, 3.63) is 35.1 Å². The summed E-state index contributed by atoms with van der Waals surface area (Å²) in [5, 5.41) is 6.06. The van der Waals surface area contributed by atoms with Gasteiger partial charge in [0.25, 0.3) is 0 Å². The van der Waals surface area contributed by atoms with Crippen molar-refractivity contribution in [3.8, 4) is 10.6 Å². The lowest BCUT2D eigenvalue weighted by molar-refractivity contribution is 0.627. The number of aromatic nitrogens is 1. The Morgan fingerprint density at radius 1 is 1.42 bits per heavy atom. The molecule has 0 aliphatic carbocycles. The van der Waals surface area contributed by atoms with E-state index in [1.165, 1.54) is 17.4 Å². The number of benzene rings is 1. The third-order valence-corrected chi connectivity index (χ3v) is 4.38. The highest BCUT2D eigenvalue weighted by Gasteiger charge is 2.13. The molecular formula is C14H17FN2S2. The maximum Gasteiger partial charge on any atom is 0.134 e. The molecule has 1 heterocycles. The molecule has 2 aromatic rings. The Balaban J connectivity index is 2.23. The number of halogens is 1. The van der Waals surface area contributed by atoms with Gasteiger partial charge in [0.2, 0.25) is 0 Å². The molecule has 0 bridgehead atoms. The number of thioether (sulfide) groups is 1. The molecule has 0 unspecified atom stereocenters. The SMILES string of the molecule is CCCNCc1csc(-c2c(F)cccc2SC)n1. The second-order valence-corrected chi connectivity index (χ2v) is 5.84. The van der Waals surface area contributed by atoms with E-state index in [-0.39, 0.29) is 5.82 Å². The van der Waals surface area contributed by atoms with Crippen LogP contribution in [0, 0.1) is 5.82 Å². The zero-order valence-electron chi connectivity index (χ0n) is 11.1. The van der Waals surface area contributed by atoms with Crippen molar-refractivity contribution in [2.75, 3.05) is 12.8 Å². The predicted octanol–water partition coefficient (Wildman–Crippen LogP) is 4.17. The molecule has 0 aliphatic rings.